The van der Waals surface area contributed by atoms with Crippen molar-refractivity contribution >= 4 is 50.7 Å². The zero-order chi connectivity index (χ0) is 13.1. The molecule has 1 amide bonds. The Morgan fingerprint density at radius 1 is 1.53 bits per heavy atom. The van der Waals surface area contributed by atoms with E-state index in [2.05, 4.69) is 4.74 Å². The zero-order valence-electron chi connectivity index (χ0n) is 8.07. The van der Waals surface area contributed by atoms with Gasteiger partial charge in [0, 0.05) is 0 Å². The summed E-state index contributed by atoms with van der Waals surface area (Å²) in [5, 5.41) is 0.0640. The van der Waals surface area contributed by atoms with Crippen molar-refractivity contribution < 1.29 is 22.3 Å². The van der Waals surface area contributed by atoms with E-state index in [1.807, 2.05) is 0 Å². The Morgan fingerprint density at radius 2 is 2.18 bits per heavy atom. The maximum Gasteiger partial charge on any atom is 0.421 e. The summed E-state index contributed by atoms with van der Waals surface area (Å²) in [6.45, 7) is -1.42. The van der Waals surface area contributed by atoms with E-state index in [9.17, 15) is 17.6 Å². The monoisotopic (exact) mass is 321 g/mol. The summed E-state index contributed by atoms with van der Waals surface area (Å²) in [4.78, 5) is 10.9. The van der Waals surface area contributed by atoms with Gasteiger partial charge < -0.3 is 4.74 Å². The lowest BCUT2D eigenvalue weighted by molar-refractivity contribution is 0.143. The van der Waals surface area contributed by atoms with Crippen molar-refractivity contribution in [2.75, 3.05) is 13.3 Å². The predicted molar refractivity (Wildman–Crippen MR) is 62.0 cm³/mol. The van der Waals surface area contributed by atoms with Crippen LogP contribution in [0.1, 0.15) is 0 Å². The molecule has 0 atom stereocenters. The van der Waals surface area contributed by atoms with Crippen molar-refractivity contribution in [3.05, 3.63) is 15.4 Å². The minimum atomic E-state index is -4.09. The van der Waals surface area contributed by atoms with Gasteiger partial charge in [0.25, 0.3) is 10.0 Å². The highest BCUT2D eigenvalue weighted by Crippen LogP contribution is 2.34. The molecule has 96 valence electrons. The molecule has 0 aliphatic heterocycles. The summed E-state index contributed by atoms with van der Waals surface area (Å²) < 4.78 is 40.5. The minimum absolute atomic E-state index is 0.0640. The van der Waals surface area contributed by atoms with Crippen LogP contribution >= 0.6 is 34.5 Å². The van der Waals surface area contributed by atoms with Gasteiger partial charge in [0.05, 0.1) is 5.02 Å². The van der Waals surface area contributed by atoms with Gasteiger partial charge >= 0.3 is 6.09 Å². The Bertz CT molecular complexity index is 496. The summed E-state index contributed by atoms with van der Waals surface area (Å²) >= 11 is 11.8. The molecule has 5 nitrogen and oxygen atoms in total. The number of halogens is 3. The fourth-order valence-corrected chi connectivity index (χ4v) is 3.55. The van der Waals surface area contributed by atoms with Crippen molar-refractivity contribution in [1.82, 2.24) is 4.72 Å². The number of rotatable bonds is 4. The highest BCUT2D eigenvalue weighted by molar-refractivity contribution is 7.92. The van der Waals surface area contributed by atoms with Crippen LogP contribution in [0.15, 0.2) is 10.3 Å². The lowest BCUT2D eigenvalue weighted by Crippen LogP contribution is -2.31. The van der Waals surface area contributed by atoms with E-state index in [1.54, 1.807) is 4.72 Å². The van der Waals surface area contributed by atoms with Gasteiger partial charge in [-0.3, -0.25) is 0 Å². The maximum absolute atomic E-state index is 11.7. The van der Waals surface area contributed by atoms with Gasteiger partial charge in [0.1, 0.15) is 21.8 Å². The number of sulfonamides is 1. The smallest absolute Gasteiger partial charge is 0.421 e. The van der Waals surface area contributed by atoms with Crippen molar-refractivity contribution in [2.45, 2.75) is 4.21 Å². The van der Waals surface area contributed by atoms with Crippen molar-refractivity contribution in [3.63, 3.8) is 0 Å². The number of thiophene rings is 1. The number of hydrogen-bond donors (Lipinski definition) is 1. The number of nitrogens with one attached hydrogen (secondary N) is 1. The molecule has 1 aromatic heterocycles. The number of alkyl halides is 1. The first kappa shape index (κ1) is 14.5. The lowest BCUT2D eigenvalue weighted by Gasteiger charge is -2.04. The van der Waals surface area contributed by atoms with Gasteiger partial charge in [-0.1, -0.05) is 23.2 Å². The molecule has 0 fully saturated rings. The average Bonchev–Trinajstić information content (AvgIpc) is 2.56. The molecule has 0 aliphatic carbocycles. The van der Waals surface area contributed by atoms with Crippen LogP contribution in [0.2, 0.25) is 9.36 Å². The average molecular weight is 322 g/mol. The summed E-state index contributed by atoms with van der Waals surface area (Å²) in [7, 11) is -4.09. The van der Waals surface area contributed by atoms with E-state index in [-0.39, 0.29) is 13.6 Å². The SMILES string of the molecule is O=C(NS(=O)(=O)c1cc(Cl)c(Cl)s1)OCCF. The highest BCUT2D eigenvalue weighted by Gasteiger charge is 2.22. The summed E-state index contributed by atoms with van der Waals surface area (Å²) in [5.41, 5.74) is 0. The molecule has 1 rings (SSSR count). The molecule has 0 unspecified atom stereocenters. The van der Waals surface area contributed by atoms with E-state index in [4.69, 9.17) is 23.2 Å². The molecule has 1 aromatic rings. The molecule has 17 heavy (non-hydrogen) atoms. The van der Waals surface area contributed by atoms with Crippen molar-refractivity contribution in [1.29, 1.82) is 0 Å². The van der Waals surface area contributed by atoms with Crippen molar-refractivity contribution in [2.24, 2.45) is 0 Å². The first-order chi connectivity index (χ1) is 7.86. The summed E-state index contributed by atoms with van der Waals surface area (Å²) in [5.74, 6) is 0. The van der Waals surface area contributed by atoms with E-state index in [0.717, 1.165) is 6.07 Å². The van der Waals surface area contributed by atoms with Gasteiger partial charge in [-0.05, 0) is 6.07 Å². The van der Waals surface area contributed by atoms with Gasteiger partial charge in [0.15, 0.2) is 0 Å². The molecular formula is C7H6Cl2FNO4S2. The fourth-order valence-electron chi connectivity index (χ4n) is 0.780. The summed E-state index contributed by atoms with van der Waals surface area (Å²) in [6.07, 6.45) is -1.26. The molecule has 0 saturated carbocycles. The van der Waals surface area contributed by atoms with Crippen LogP contribution in [0.4, 0.5) is 9.18 Å². The molecule has 1 heterocycles. The fraction of sp³-hybridized carbons (Fsp3) is 0.286. The molecule has 10 heteroatoms. The number of carbonyl (C=O) groups is 1. The molecular weight excluding hydrogens is 316 g/mol. The predicted octanol–water partition coefficient (Wildman–Crippen LogP) is 2.44. The topological polar surface area (TPSA) is 72.5 Å². The number of ether oxygens (including phenoxy) is 1. The normalized spacial score (nSPS) is 11.2. The molecule has 0 bridgehead atoms. The van der Waals surface area contributed by atoms with E-state index in [1.165, 1.54) is 0 Å². The molecule has 0 aliphatic rings. The van der Waals surface area contributed by atoms with Gasteiger partial charge in [0.2, 0.25) is 0 Å². The van der Waals surface area contributed by atoms with Crippen LogP contribution in [0.25, 0.3) is 0 Å². The number of carbonyl (C=O) groups excluding carboxylic acids is 1. The third-order valence-corrected chi connectivity index (χ3v) is 5.07. The second-order valence-corrected chi connectivity index (χ2v) is 6.59. The Kier molecular flexibility index (Phi) is 4.99. The lowest BCUT2D eigenvalue weighted by atomic mass is 10.7. The van der Waals surface area contributed by atoms with Crippen LogP contribution in [0.3, 0.4) is 0 Å². The Morgan fingerprint density at radius 3 is 2.65 bits per heavy atom. The van der Waals surface area contributed by atoms with Crippen LogP contribution in [0, 0.1) is 0 Å². The van der Waals surface area contributed by atoms with E-state index < -0.39 is 29.4 Å². The standard InChI is InChI=1S/C7H6Cl2FNO4S2/c8-4-3-5(16-6(4)9)17(13,14)11-7(12)15-2-1-10/h3H,1-2H2,(H,11,12). The van der Waals surface area contributed by atoms with Gasteiger partial charge in [-0.2, -0.15) is 0 Å². The van der Waals surface area contributed by atoms with E-state index >= 15 is 0 Å². The third kappa shape index (κ3) is 3.98. The second-order valence-electron chi connectivity index (χ2n) is 2.62. The maximum atomic E-state index is 11.7. The largest absolute Gasteiger partial charge is 0.446 e. The molecule has 0 aromatic carbocycles. The summed E-state index contributed by atoms with van der Waals surface area (Å²) in [6, 6.07) is 1.10. The molecule has 0 saturated heterocycles. The zero-order valence-corrected chi connectivity index (χ0v) is 11.2. The second kappa shape index (κ2) is 5.85. The number of amides is 1. The molecule has 1 N–H and O–H groups in total. The van der Waals surface area contributed by atoms with Crippen LogP contribution < -0.4 is 4.72 Å². The highest BCUT2D eigenvalue weighted by atomic mass is 35.5. The quantitative estimate of drug-likeness (QED) is 0.924. The van der Waals surface area contributed by atoms with Gasteiger partial charge in [-0.15, -0.1) is 11.3 Å². The number of hydrogen-bond acceptors (Lipinski definition) is 5. The molecule has 0 radical (unpaired) electrons. The first-order valence-electron chi connectivity index (χ1n) is 4.07. The Balaban J connectivity index is 2.79. The van der Waals surface area contributed by atoms with Crippen molar-refractivity contribution in [3.8, 4) is 0 Å². The van der Waals surface area contributed by atoms with Crippen LogP contribution in [-0.2, 0) is 14.8 Å². The Labute approximate surface area is 111 Å². The third-order valence-electron chi connectivity index (χ3n) is 1.42. The van der Waals surface area contributed by atoms with Crippen LogP contribution in [-0.4, -0.2) is 27.8 Å². The Hall–Kier alpha value is -0.570. The first-order valence-corrected chi connectivity index (χ1v) is 7.12. The molecule has 0 spiro atoms. The minimum Gasteiger partial charge on any atom is -0.446 e. The van der Waals surface area contributed by atoms with Gasteiger partial charge in [-0.25, -0.2) is 22.3 Å². The van der Waals surface area contributed by atoms with Crippen LogP contribution in [0.5, 0.6) is 0 Å². The van der Waals surface area contributed by atoms with E-state index in [0.29, 0.717) is 11.3 Å².